The van der Waals surface area contributed by atoms with E-state index in [-0.39, 0.29) is 18.9 Å². The minimum absolute atomic E-state index is 0.141. The standard InChI is InChI=1S/C28H32FN3O4/c1-2-35-26-7-4-22(5-8-26)23-3-6-25(30-20-23)18-28(33)31-19-21-15-24(29)17-27(16-21)36-14-11-32-9-12-34-13-10-32/h3-8,15-17,20H,2,9-14,18-19H2,1H3,(H,31,33). The van der Waals surface area contributed by atoms with Gasteiger partial charge in [-0.2, -0.15) is 0 Å². The van der Waals surface area contributed by atoms with Crippen LogP contribution in [0.5, 0.6) is 11.5 Å². The van der Waals surface area contributed by atoms with Gasteiger partial charge in [0.15, 0.2) is 0 Å². The lowest BCUT2D eigenvalue weighted by Crippen LogP contribution is -2.38. The topological polar surface area (TPSA) is 72.9 Å². The van der Waals surface area contributed by atoms with E-state index >= 15 is 0 Å². The van der Waals surface area contributed by atoms with E-state index < -0.39 is 5.82 Å². The molecule has 4 rings (SSSR count). The van der Waals surface area contributed by atoms with Crippen molar-refractivity contribution in [3.8, 4) is 22.6 Å². The van der Waals surface area contributed by atoms with Gasteiger partial charge in [0.2, 0.25) is 5.91 Å². The summed E-state index contributed by atoms with van der Waals surface area (Å²) in [5.41, 5.74) is 3.29. The average molecular weight is 494 g/mol. The Kier molecular flexibility index (Phi) is 9.24. The maximum absolute atomic E-state index is 14.1. The van der Waals surface area contributed by atoms with Crippen molar-refractivity contribution in [1.82, 2.24) is 15.2 Å². The van der Waals surface area contributed by atoms with E-state index in [0.717, 1.165) is 49.7 Å². The minimum atomic E-state index is -0.394. The number of aromatic nitrogens is 1. The van der Waals surface area contributed by atoms with Gasteiger partial charge in [-0.25, -0.2) is 4.39 Å². The molecule has 0 radical (unpaired) electrons. The van der Waals surface area contributed by atoms with Gasteiger partial charge in [-0.1, -0.05) is 18.2 Å². The largest absolute Gasteiger partial charge is 0.494 e. The Labute approximate surface area is 211 Å². The number of carbonyl (C=O) groups is 1. The zero-order valence-corrected chi connectivity index (χ0v) is 20.5. The molecule has 0 unspecified atom stereocenters. The molecule has 7 nitrogen and oxygen atoms in total. The molecule has 3 aromatic rings. The number of amides is 1. The average Bonchev–Trinajstić information content (AvgIpc) is 2.89. The molecule has 1 N–H and O–H groups in total. The Morgan fingerprint density at radius 3 is 2.53 bits per heavy atom. The van der Waals surface area contributed by atoms with Gasteiger partial charge >= 0.3 is 0 Å². The van der Waals surface area contributed by atoms with Crippen molar-refractivity contribution in [3.05, 3.63) is 77.9 Å². The number of hydrogen-bond acceptors (Lipinski definition) is 6. The maximum atomic E-state index is 14.1. The Bertz CT molecular complexity index is 1120. The smallest absolute Gasteiger partial charge is 0.226 e. The third kappa shape index (κ3) is 7.76. The van der Waals surface area contributed by atoms with Crippen molar-refractivity contribution >= 4 is 5.91 Å². The van der Waals surface area contributed by atoms with Crippen LogP contribution in [0.25, 0.3) is 11.1 Å². The first-order valence-electron chi connectivity index (χ1n) is 12.3. The number of hydrogen-bond donors (Lipinski definition) is 1. The number of pyridine rings is 1. The summed E-state index contributed by atoms with van der Waals surface area (Å²) in [6.07, 6.45) is 1.90. The summed E-state index contributed by atoms with van der Waals surface area (Å²) in [5.74, 6) is 0.705. The van der Waals surface area contributed by atoms with Crippen LogP contribution in [-0.2, 0) is 22.5 Å². The van der Waals surface area contributed by atoms with E-state index in [9.17, 15) is 9.18 Å². The van der Waals surface area contributed by atoms with Crippen molar-refractivity contribution in [2.75, 3.05) is 46.1 Å². The lowest BCUT2D eigenvalue weighted by Gasteiger charge is -2.26. The summed E-state index contributed by atoms with van der Waals surface area (Å²) < 4.78 is 30.6. The number of halogens is 1. The Hall–Kier alpha value is -3.49. The highest BCUT2D eigenvalue weighted by Gasteiger charge is 2.11. The third-order valence-corrected chi connectivity index (χ3v) is 5.87. The van der Waals surface area contributed by atoms with Crippen LogP contribution in [0.15, 0.2) is 60.8 Å². The molecule has 36 heavy (non-hydrogen) atoms. The summed E-state index contributed by atoms with van der Waals surface area (Å²) in [4.78, 5) is 19.1. The molecular weight excluding hydrogens is 461 g/mol. The molecular formula is C28H32FN3O4. The molecule has 2 aromatic carbocycles. The number of morpholine rings is 1. The molecule has 1 saturated heterocycles. The minimum Gasteiger partial charge on any atom is -0.494 e. The van der Waals surface area contributed by atoms with E-state index in [1.807, 2.05) is 43.3 Å². The fourth-order valence-corrected chi connectivity index (χ4v) is 3.96. The number of nitrogens with zero attached hydrogens (tertiary/aromatic N) is 2. The quantitative estimate of drug-likeness (QED) is 0.438. The van der Waals surface area contributed by atoms with Gasteiger partial charge in [-0.05, 0) is 48.4 Å². The van der Waals surface area contributed by atoms with Gasteiger partial charge in [0.25, 0.3) is 0 Å². The Morgan fingerprint density at radius 2 is 1.81 bits per heavy atom. The summed E-state index contributed by atoms with van der Waals surface area (Å²) in [6.45, 7) is 7.22. The molecule has 0 spiro atoms. The molecule has 0 atom stereocenters. The van der Waals surface area contributed by atoms with E-state index in [0.29, 0.717) is 30.2 Å². The summed E-state index contributed by atoms with van der Waals surface area (Å²) in [5, 5.41) is 2.84. The summed E-state index contributed by atoms with van der Waals surface area (Å²) >= 11 is 0. The third-order valence-electron chi connectivity index (χ3n) is 5.87. The van der Waals surface area contributed by atoms with Crippen LogP contribution in [0.3, 0.4) is 0 Å². The fourth-order valence-electron chi connectivity index (χ4n) is 3.96. The van der Waals surface area contributed by atoms with Crippen LogP contribution in [-0.4, -0.2) is 61.9 Å². The van der Waals surface area contributed by atoms with Gasteiger partial charge < -0.3 is 19.5 Å². The second kappa shape index (κ2) is 13.0. The van der Waals surface area contributed by atoms with E-state index in [4.69, 9.17) is 14.2 Å². The highest BCUT2D eigenvalue weighted by atomic mass is 19.1. The number of benzene rings is 2. The van der Waals surface area contributed by atoms with Crippen molar-refractivity contribution in [2.24, 2.45) is 0 Å². The van der Waals surface area contributed by atoms with E-state index in [2.05, 4.69) is 15.2 Å². The van der Waals surface area contributed by atoms with Crippen LogP contribution in [0.2, 0.25) is 0 Å². The van der Waals surface area contributed by atoms with Crippen LogP contribution in [0, 0.1) is 5.82 Å². The molecule has 0 saturated carbocycles. The predicted molar refractivity (Wildman–Crippen MR) is 136 cm³/mol. The number of rotatable bonds is 11. The van der Waals surface area contributed by atoms with Crippen LogP contribution < -0.4 is 14.8 Å². The van der Waals surface area contributed by atoms with Crippen LogP contribution in [0.1, 0.15) is 18.2 Å². The fraction of sp³-hybridized carbons (Fsp3) is 0.357. The van der Waals surface area contributed by atoms with Gasteiger partial charge in [0.05, 0.1) is 26.2 Å². The van der Waals surface area contributed by atoms with Crippen LogP contribution >= 0.6 is 0 Å². The van der Waals surface area contributed by atoms with Crippen molar-refractivity contribution in [3.63, 3.8) is 0 Å². The number of ether oxygens (including phenoxy) is 3. The molecule has 8 heteroatoms. The molecule has 1 amide bonds. The van der Waals surface area contributed by atoms with Gasteiger partial charge in [0.1, 0.15) is 23.9 Å². The first kappa shape index (κ1) is 25.6. The summed E-state index contributed by atoms with van der Waals surface area (Å²) in [6, 6.07) is 16.1. The molecule has 190 valence electrons. The monoisotopic (exact) mass is 493 g/mol. The molecule has 1 aliphatic rings. The lowest BCUT2D eigenvalue weighted by molar-refractivity contribution is -0.120. The van der Waals surface area contributed by atoms with Crippen molar-refractivity contribution in [1.29, 1.82) is 0 Å². The normalized spacial score (nSPS) is 13.8. The maximum Gasteiger partial charge on any atom is 0.226 e. The first-order valence-corrected chi connectivity index (χ1v) is 12.3. The van der Waals surface area contributed by atoms with Crippen molar-refractivity contribution in [2.45, 2.75) is 19.9 Å². The lowest BCUT2D eigenvalue weighted by atomic mass is 10.1. The van der Waals surface area contributed by atoms with E-state index in [1.165, 1.54) is 12.1 Å². The highest BCUT2D eigenvalue weighted by molar-refractivity contribution is 5.78. The highest BCUT2D eigenvalue weighted by Crippen LogP contribution is 2.22. The molecule has 1 aromatic heterocycles. The molecule has 1 aliphatic heterocycles. The van der Waals surface area contributed by atoms with Gasteiger partial charge in [-0.3, -0.25) is 14.7 Å². The molecule has 1 fully saturated rings. The number of nitrogens with one attached hydrogen (secondary N) is 1. The molecule has 0 aliphatic carbocycles. The van der Waals surface area contributed by atoms with Gasteiger partial charge in [0, 0.05) is 49.7 Å². The second-order valence-corrected chi connectivity index (χ2v) is 8.55. The van der Waals surface area contributed by atoms with Gasteiger partial charge in [-0.15, -0.1) is 0 Å². The van der Waals surface area contributed by atoms with Crippen molar-refractivity contribution < 1.29 is 23.4 Å². The summed E-state index contributed by atoms with van der Waals surface area (Å²) in [7, 11) is 0. The molecule has 2 heterocycles. The Morgan fingerprint density at radius 1 is 1.03 bits per heavy atom. The second-order valence-electron chi connectivity index (χ2n) is 8.55. The molecule has 0 bridgehead atoms. The number of carbonyl (C=O) groups excluding carboxylic acids is 1. The van der Waals surface area contributed by atoms with E-state index in [1.54, 1.807) is 12.3 Å². The predicted octanol–water partition coefficient (Wildman–Crippen LogP) is 3.86. The zero-order chi connectivity index (χ0) is 25.2. The Balaban J connectivity index is 1.25. The zero-order valence-electron chi connectivity index (χ0n) is 20.5. The first-order chi connectivity index (χ1) is 17.6. The SMILES string of the molecule is CCOc1ccc(-c2ccc(CC(=O)NCc3cc(F)cc(OCCN4CCOCC4)c3)nc2)cc1. The van der Waals surface area contributed by atoms with Crippen LogP contribution in [0.4, 0.5) is 4.39 Å².